The van der Waals surface area contributed by atoms with Crippen LogP contribution < -0.4 is 10.6 Å². The topological polar surface area (TPSA) is 142 Å². The number of amides is 2. The lowest BCUT2D eigenvalue weighted by Gasteiger charge is -2.11. The molecule has 0 bridgehead atoms. The van der Waals surface area contributed by atoms with Crippen molar-refractivity contribution in [1.82, 2.24) is 29.6 Å². The molecular formula is C26H29N7O5. The van der Waals surface area contributed by atoms with E-state index in [1.807, 2.05) is 44.2 Å². The molecule has 12 heteroatoms. The second-order valence-corrected chi connectivity index (χ2v) is 8.42. The molecule has 2 amide bonds. The predicted molar refractivity (Wildman–Crippen MR) is 139 cm³/mol. The lowest BCUT2D eigenvalue weighted by Crippen LogP contribution is -2.26. The van der Waals surface area contributed by atoms with Gasteiger partial charge in [-0.25, -0.2) is 19.6 Å². The molecule has 12 nitrogen and oxygen atoms in total. The van der Waals surface area contributed by atoms with Gasteiger partial charge in [-0.2, -0.15) is 5.10 Å². The van der Waals surface area contributed by atoms with Crippen LogP contribution >= 0.6 is 0 Å². The molecule has 0 aliphatic carbocycles. The number of esters is 1. The molecule has 0 saturated carbocycles. The van der Waals surface area contributed by atoms with Crippen LogP contribution in [0.4, 0.5) is 10.7 Å². The van der Waals surface area contributed by atoms with E-state index in [0.29, 0.717) is 42.8 Å². The van der Waals surface area contributed by atoms with Gasteiger partial charge in [0.25, 0.3) is 5.91 Å². The lowest BCUT2D eigenvalue weighted by molar-refractivity contribution is 0.0594. The summed E-state index contributed by atoms with van der Waals surface area (Å²) >= 11 is 0. The van der Waals surface area contributed by atoms with E-state index in [2.05, 4.69) is 25.7 Å². The largest absolute Gasteiger partial charge is 0.464 e. The number of benzene rings is 1. The zero-order valence-corrected chi connectivity index (χ0v) is 21.4. The summed E-state index contributed by atoms with van der Waals surface area (Å²) in [5.41, 5.74) is 3.20. The number of imidazole rings is 1. The van der Waals surface area contributed by atoms with Crippen molar-refractivity contribution in [3.8, 4) is 0 Å². The molecule has 0 radical (unpaired) electrons. The highest BCUT2D eigenvalue weighted by Gasteiger charge is 2.19. The highest BCUT2D eigenvalue weighted by molar-refractivity contribution is 6.03. The number of fused-ring (bicyclic) bond motifs is 1. The second kappa shape index (κ2) is 12.0. The summed E-state index contributed by atoms with van der Waals surface area (Å²) in [5, 5.41) is 9.90. The molecule has 0 aliphatic heterocycles. The van der Waals surface area contributed by atoms with E-state index in [9.17, 15) is 14.4 Å². The van der Waals surface area contributed by atoms with Crippen LogP contribution in [0.25, 0.3) is 11.0 Å². The molecule has 0 spiro atoms. The second-order valence-electron chi connectivity index (χ2n) is 8.42. The number of methoxy groups -OCH3 is 1. The first-order chi connectivity index (χ1) is 18.4. The Hall–Kier alpha value is -4.74. The predicted octanol–water partition coefficient (Wildman–Crippen LogP) is 3.31. The summed E-state index contributed by atoms with van der Waals surface area (Å²) in [6, 6.07) is 12.6. The Bertz CT molecular complexity index is 1450. The van der Waals surface area contributed by atoms with Crippen LogP contribution in [0.1, 0.15) is 45.6 Å². The standard InChI is InChI=1S/C26H29N7O5/c1-4-33-21(13-17(2)31-33)23(34)30-25-29-19-14-20(24(35)37-3)28-15-22(19)32(25)12-8-11-27-26(36)38-16-18-9-6-5-7-10-18/h5-7,9-10,13-15H,4,8,11-12,16H2,1-3H3,(H,27,36)(H,29,30,34). The zero-order chi connectivity index (χ0) is 27.1. The number of nitrogens with one attached hydrogen (secondary N) is 2. The summed E-state index contributed by atoms with van der Waals surface area (Å²) < 4.78 is 13.4. The van der Waals surface area contributed by atoms with Crippen LogP contribution in [-0.2, 0) is 29.2 Å². The van der Waals surface area contributed by atoms with Crippen LogP contribution in [0.3, 0.4) is 0 Å². The monoisotopic (exact) mass is 519 g/mol. The normalized spacial score (nSPS) is 10.8. The maximum Gasteiger partial charge on any atom is 0.407 e. The van der Waals surface area contributed by atoms with Gasteiger partial charge in [0.05, 0.1) is 30.0 Å². The molecule has 0 atom stereocenters. The van der Waals surface area contributed by atoms with E-state index in [4.69, 9.17) is 9.47 Å². The van der Waals surface area contributed by atoms with E-state index in [-0.39, 0.29) is 24.2 Å². The van der Waals surface area contributed by atoms with Crippen LogP contribution in [0.2, 0.25) is 0 Å². The number of anilines is 1. The highest BCUT2D eigenvalue weighted by Crippen LogP contribution is 2.21. The van der Waals surface area contributed by atoms with E-state index < -0.39 is 12.1 Å². The summed E-state index contributed by atoms with van der Waals surface area (Å²) in [4.78, 5) is 45.8. The first-order valence-electron chi connectivity index (χ1n) is 12.1. The van der Waals surface area contributed by atoms with Gasteiger partial charge < -0.3 is 19.4 Å². The van der Waals surface area contributed by atoms with E-state index in [1.54, 1.807) is 15.3 Å². The number of rotatable bonds is 10. The van der Waals surface area contributed by atoms with Gasteiger partial charge in [-0.3, -0.25) is 14.8 Å². The molecule has 38 heavy (non-hydrogen) atoms. The first kappa shape index (κ1) is 26.3. The molecule has 2 N–H and O–H groups in total. The van der Waals surface area contributed by atoms with E-state index >= 15 is 0 Å². The number of pyridine rings is 1. The third-order valence-corrected chi connectivity index (χ3v) is 5.73. The van der Waals surface area contributed by atoms with Crippen LogP contribution in [0.5, 0.6) is 0 Å². The minimum Gasteiger partial charge on any atom is -0.464 e. The van der Waals surface area contributed by atoms with Crippen molar-refractivity contribution in [2.24, 2.45) is 0 Å². The van der Waals surface area contributed by atoms with Crippen molar-refractivity contribution >= 4 is 35.0 Å². The summed E-state index contributed by atoms with van der Waals surface area (Å²) in [7, 11) is 1.27. The van der Waals surface area contributed by atoms with Gasteiger partial charge in [0.2, 0.25) is 5.95 Å². The van der Waals surface area contributed by atoms with Crippen LogP contribution in [0, 0.1) is 6.92 Å². The number of nitrogens with zero attached hydrogens (tertiary/aromatic N) is 5. The van der Waals surface area contributed by atoms with Crippen molar-refractivity contribution in [3.63, 3.8) is 0 Å². The average molecular weight is 520 g/mol. The Balaban J connectivity index is 1.47. The number of carbonyl (C=O) groups is 3. The number of hydrogen-bond donors (Lipinski definition) is 2. The third-order valence-electron chi connectivity index (χ3n) is 5.73. The zero-order valence-electron chi connectivity index (χ0n) is 21.4. The first-order valence-corrected chi connectivity index (χ1v) is 12.1. The number of carbonyl (C=O) groups excluding carboxylic acids is 3. The van der Waals surface area contributed by atoms with Crippen LogP contribution in [0.15, 0.2) is 48.7 Å². The minimum absolute atomic E-state index is 0.102. The smallest absolute Gasteiger partial charge is 0.407 e. The molecule has 198 valence electrons. The number of alkyl carbamates (subject to hydrolysis) is 1. The molecule has 0 aliphatic rings. The van der Waals surface area contributed by atoms with Crippen molar-refractivity contribution < 1.29 is 23.9 Å². The van der Waals surface area contributed by atoms with Gasteiger partial charge in [-0.1, -0.05) is 30.3 Å². The SMILES string of the molecule is CCn1nc(C)cc1C(=O)Nc1nc2cc(C(=O)OC)ncc2n1CCCNC(=O)OCc1ccccc1. The van der Waals surface area contributed by atoms with Crippen molar-refractivity contribution in [3.05, 3.63) is 71.3 Å². The summed E-state index contributed by atoms with van der Waals surface area (Å²) in [6.07, 6.45) is 1.50. The Morgan fingerprint density at radius 3 is 2.63 bits per heavy atom. The van der Waals surface area contributed by atoms with E-state index in [1.165, 1.54) is 19.4 Å². The Morgan fingerprint density at radius 1 is 1.11 bits per heavy atom. The fourth-order valence-corrected chi connectivity index (χ4v) is 3.90. The molecule has 1 aromatic carbocycles. The maximum absolute atomic E-state index is 13.1. The Morgan fingerprint density at radius 2 is 1.89 bits per heavy atom. The molecule has 4 rings (SSSR count). The molecule has 0 saturated heterocycles. The maximum atomic E-state index is 13.1. The highest BCUT2D eigenvalue weighted by atomic mass is 16.5. The van der Waals surface area contributed by atoms with Crippen molar-refractivity contribution in [1.29, 1.82) is 0 Å². The molecule has 0 fully saturated rings. The Labute approximate surface area is 219 Å². The van der Waals surface area contributed by atoms with Gasteiger partial charge in [-0.15, -0.1) is 0 Å². The lowest BCUT2D eigenvalue weighted by atomic mass is 10.2. The Kier molecular flexibility index (Phi) is 8.31. The van der Waals surface area contributed by atoms with Crippen molar-refractivity contribution in [2.45, 2.75) is 40.0 Å². The fourth-order valence-electron chi connectivity index (χ4n) is 3.90. The quantitative estimate of drug-likeness (QED) is 0.240. The molecular weight excluding hydrogens is 490 g/mol. The van der Waals surface area contributed by atoms with Gasteiger partial charge in [-0.05, 0) is 38.0 Å². The number of ether oxygens (including phenoxy) is 2. The van der Waals surface area contributed by atoms with Crippen molar-refractivity contribution in [2.75, 3.05) is 19.0 Å². The molecule has 0 unspecified atom stereocenters. The number of aromatic nitrogens is 5. The van der Waals surface area contributed by atoms with Crippen LogP contribution in [-0.4, -0.2) is 55.9 Å². The molecule has 4 aromatic rings. The van der Waals surface area contributed by atoms with Gasteiger partial charge in [0, 0.05) is 19.6 Å². The molecule has 3 aromatic heterocycles. The number of hydrogen-bond acceptors (Lipinski definition) is 8. The number of aryl methyl sites for hydroxylation is 3. The third kappa shape index (κ3) is 6.14. The molecule has 3 heterocycles. The van der Waals surface area contributed by atoms with Gasteiger partial charge in [0.1, 0.15) is 12.3 Å². The van der Waals surface area contributed by atoms with Gasteiger partial charge in [0.15, 0.2) is 5.69 Å². The summed E-state index contributed by atoms with van der Waals surface area (Å²) in [5.74, 6) is -0.678. The average Bonchev–Trinajstić information content (AvgIpc) is 3.48. The summed E-state index contributed by atoms with van der Waals surface area (Å²) in [6.45, 7) is 5.15. The minimum atomic E-state index is -0.590. The fraction of sp³-hybridized carbons (Fsp3) is 0.308. The van der Waals surface area contributed by atoms with Gasteiger partial charge >= 0.3 is 12.1 Å². The van der Waals surface area contributed by atoms with E-state index in [0.717, 1.165) is 11.3 Å².